The Bertz CT molecular complexity index is 479. The molecule has 2 heterocycles. The first kappa shape index (κ1) is 16.4. The van der Waals surface area contributed by atoms with Crippen LogP contribution in [0.3, 0.4) is 0 Å². The van der Waals surface area contributed by atoms with Crippen molar-refractivity contribution < 1.29 is 0 Å². The van der Waals surface area contributed by atoms with Crippen molar-refractivity contribution in [3.8, 4) is 0 Å². The lowest BCUT2D eigenvalue weighted by Crippen LogP contribution is -2.28. The summed E-state index contributed by atoms with van der Waals surface area (Å²) in [5.41, 5.74) is 0.978. The van der Waals surface area contributed by atoms with Crippen molar-refractivity contribution >= 4 is 5.82 Å². The Morgan fingerprint density at radius 1 is 1.17 bits per heavy atom. The summed E-state index contributed by atoms with van der Waals surface area (Å²) in [6.45, 7) is 7.36. The third-order valence-electron chi connectivity index (χ3n) is 5.26. The molecule has 1 aliphatic carbocycles. The fraction of sp³-hybridized carbons (Fsp3) is 0.684. The molecule has 23 heavy (non-hydrogen) atoms. The summed E-state index contributed by atoms with van der Waals surface area (Å²) in [5.74, 6) is 1.89. The first-order chi connectivity index (χ1) is 11.3. The van der Waals surface area contributed by atoms with Gasteiger partial charge in [0.1, 0.15) is 5.82 Å². The highest BCUT2D eigenvalue weighted by Crippen LogP contribution is 2.27. The Morgan fingerprint density at radius 2 is 2.04 bits per heavy atom. The van der Waals surface area contributed by atoms with Crippen LogP contribution in [0.5, 0.6) is 0 Å². The second-order valence-corrected chi connectivity index (χ2v) is 7.11. The maximum absolute atomic E-state index is 4.47. The van der Waals surface area contributed by atoms with Crippen molar-refractivity contribution in [1.29, 1.82) is 0 Å². The zero-order chi connectivity index (χ0) is 15.9. The fourth-order valence-electron chi connectivity index (χ4n) is 3.89. The summed E-state index contributed by atoms with van der Waals surface area (Å²) in [6.07, 6.45) is 16.2. The predicted molar refractivity (Wildman–Crippen MR) is 95.6 cm³/mol. The number of nitrogens with one attached hydrogen (secondary N) is 1. The minimum absolute atomic E-state index is 0.515. The van der Waals surface area contributed by atoms with Crippen molar-refractivity contribution in [3.05, 3.63) is 30.7 Å². The summed E-state index contributed by atoms with van der Waals surface area (Å²) < 4.78 is 0. The van der Waals surface area contributed by atoms with Gasteiger partial charge in [-0.1, -0.05) is 38.2 Å². The van der Waals surface area contributed by atoms with E-state index in [9.17, 15) is 0 Å². The molecule has 0 amide bonds. The van der Waals surface area contributed by atoms with E-state index in [2.05, 4.69) is 26.8 Å². The molecule has 4 nitrogen and oxygen atoms in total. The van der Waals surface area contributed by atoms with Crippen molar-refractivity contribution in [2.24, 2.45) is 5.92 Å². The van der Waals surface area contributed by atoms with Crippen LogP contribution in [-0.4, -0.2) is 40.5 Å². The zero-order valence-electron chi connectivity index (χ0n) is 14.2. The summed E-state index contributed by atoms with van der Waals surface area (Å²) in [7, 11) is 0. The number of likely N-dealkylation sites (tertiary alicyclic amines) is 1. The monoisotopic (exact) mass is 314 g/mol. The second-order valence-electron chi connectivity index (χ2n) is 7.11. The Kier molecular flexibility index (Phi) is 6.03. The predicted octanol–water partition coefficient (Wildman–Crippen LogP) is 3.66. The Morgan fingerprint density at radius 3 is 2.78 bits per heavy atom. The summed E-state index contributed by atoms with van der Waals surface area (Å²) >= 11 is 0. The fourth-order valence-corrected chi connectivity index (χ4v) is 3.89. The molecule has 1 saturated carbocycles. The highest BCUT2D eigenvalue weighted by atomic mass is 15.2. The molecule has 1 aromatic rings. The number of hydrogen-bond donors (Lipinski definition) is 1. The summed E-state index contributed by atoms with van der Waals surface area (Å²) in [4.78, 5) is 11.5. The average Bonchev–Trinajstić information content (AvgIpc) is 3.03. The van der Waals surface area contributed by atoms with Gasteiger partial charge in [0.15, 0.2) is 0 Å². The molecule has 2 aliphatic rings. The highest BCUT2D eigenvalue weighted by molar-refractivity contribution is 5.33. The highest BCUT2D eigenvalue weighted by Gasteiger charge is 2.23. The first-order valence-corrected chi connectivity index (χ1v) is 9.24. The standard InChI is InChI=1S/C19H30N4/c1-2-6-17-13-21-19(14-20-17)22-18-10-12-23(15-18)11-9-16-7-4-3-5-8-16/h2,13-14,16,18H,1,3-12,15H2,(H,21,22)/t18-/m1/s1. The van der Waals surface area contributed by atoms with E-state index < -0.39 is 0 Å². The number of nitrogens with zero attached hydrogens (tertiary/aromatic N) is 3. The van der Waals surface area contributed by atoms with E-state index in [1.807, 2.05) is 18.5 Å². The Labute approximate surface area is 140 Å². The van der Waals surface area contributed by atoms with Crippen LogP contribution < -0.4 is 5.32 Å². The molecule has 0 spiro atoms. The number of allylic oxidation sites excluding steroid dienone is 1. The first-order valence-electron chi connectivity index (χ1n) is 9.24. The molecule has 0 aromatic carbocycles. The van der Waals surface area contributed by atoms with Gasteiger partial charge < -0.3 is 10.2 Å². The number of aromatic nitrogens is 2. The van der Waals surface area contributed by atoms with Gasteiger partial charge >= 0.3 is 0 Å². The molecule has 1 N–H and O–H groups in total. The number of anilines is 1. The molecule has 126 valence electrons. The molecule has 1 saturated heterocycles. The maximum atomic E-state index is 4.47. The Balaban J connectivity index is 1.39. The molecule has 0 unspecified atom stereocenters. The van der Waals surface area contributed by atoms with Crippen molar-refractivity contribution in [2.75, 3.05) is 25.0 Å². The van der Waals surface area contributed by atoms with E-state index in [1.54, 1.807) is 0 Å². The van der Waals surface area contributed by atoms with Gasteiger partial charge in [0.25, 0.3) is 0 Å². The molecule has 1 aromatic heterocycles. The van der Waals surface area contributed by atoms with Gasteiger partial charge in [-0.05, 0) is 25.3 Å². The van der Waals surface area contributed by atoms with Gasteiger partial charge in [-0.2, -0.15) is 0 Å². The van der Waals surface area contributed by atoms with E-state index in [0.717, 1.165) is 30.4 Å². The molecule has 4 heteroatoms. The lowest BCUT2D eigenvalue weighted by Gasteiger charge is -2.24. The third-order valence-corrected chi connectivity index (χ3v) is 5.26. The van der Waals surface area contributed by atoms with Crippen LogP contribution in [0.2, 0.25) is 0 Å². The van der Waals surface area contributed by atoms with E-state index in [0.29, 0.717) is 6.04 Å². The summed E-state index contributed by atoms with van der Waals surface area (Å²) in [5, 5.41) is 3.54. The van der Waals surface area contributed by atoms with Gasteiger partial charge in [-0.3, -0.25) is 4.98 Å². The minimum atomic E-state index is 0.515. The lowest BCUT2D eigenvalue weighted by molar-refractivity contribution is 0.264. The van der Waals surface area contributed by atoms with Crippen molar-refractivity contribution in [2.45, 2.75) is 57.4 Å². The van der Waals surface area contributed by atoms with E-state index in [-0.39, 0.29) is 0 Å². The molecular formula is C19H30N4. The van der Waals surface area contributed by atoms with E-state index in [1.165, 1.54) is 58.0 Å². The van der Waals surface area contributed by atoms with Crippen molar-refractivity contribution in [1.82, 2.24) is 14.9 Å². The lowest BCUT2D eigenvalue weighted by atomic mass is 9.87. The second kappa shape index (κ2) is 8.44. The summed E-state index contributed by atoms with van der Waals surface area (Å²) in [6, 6.07) is 0.515. The smallest absolute Gasteiger partial charge is 0.144 e. The van der Waals surface area contributed by atoms with Crippen LogP contribution in [0, 0.1) is 5.92 Å². The van der Waals surface area contributed by atoms with Crippen LogP contribution in [0.25, 0.3) is 0 Å². The molecule has 3 rings (SSSR count). The van der Waals surface area contributed by atoms with Crippen molar-refractivity contribution in [3.63, 3.8) is 0 Å². The van der Waals surface area contributed by atoms with Crippen LogP contribution >= 0.6 is 0 Å². The van der Waals surface area contributed by atoms with E-state index >= 15 is 0 Å². The molecule has 0 radical (unpaired) electrons. The largest absolute Gasteiger partial charge is 0.365 e. The van der Waals surface area contributed by atoms with Gasteiger partial charge in [0, 0.05) is 25.6 Å². The van der Waals surface area contributed by atoms with Gasteiger partial charge in [-0.25, -0.2) is 4.98 Å². The van der Waals surface area contributed by atoms with Crippen LogP contribution in [0.4, 0.5) is 5.82 Å². The number of rotatable bonds is 7. The van der Waals surface area contributed by atoms with Gasteiger partial charge in [-0.15, -0.1) is 6.58 Å². The topological polar surface area (TPSA) is 41.1 Å². The minimum Gasteiger partial charge on any atom is -0.365 e. The maximum Gasteiger partial charge on any atom is 0.144 e. The SMILES string of the molecule is C=CCc1cnc(N[C@@H]2CCN(CCC3CCCCC3)C2)cn1. The van der Waals surface area contributed by atoms with Crippen LogP contribution in [-0.2, 0) is 6.42 Å². The van der Waals surface area contributed by atoms with E-state index in [4.69, 9.17) is 0 Å². The van der Waals surface area contributed by atoms with Gasteiger partial charge in [0.2, 0.25) is 0 Å². The normalized spacial score (nSPS) is 23.0. The quantitative estimate of drug-likeness (QED) is 0.780. The van der Waals surface area contributed by atoms with Gasteiger partial charge in [0.05, 0.1) is 18.1 Å². The molecule has 1 aliphatic heterocycles. The molecule has 1 atom stereocenters. The molecule has 0 bridgehead atoms. The van der Waals surface area contributed by atoms with Crippen LogP contribution in [0.1, 0.15) is 50.6 Å². The molecule has 2 fully saturated rings. The van der Waals surface area contributed by atoms with Crippen LogP contribution in [0.15, 0.2) is 25.0 Å². The average molecular weight is 314 g/mol. The molecular weight excluding hydrogens is 284 g/mol. The number of hydrogen-bond acceptors (Lipinski definition) is 4. The zero-order valence-corrected chi connectivity index (χ0v) is 14.2. The Hall–Kier alpha value is -1.42. The third kappa shape index (κ3) is 5.03.